The van der Waals surface area contributed by atoms with Crippen molar-refractivity contribution in [2.75, 3.05) is 11.9 Å². The van der Waals surface area contributed by atoms with Crippen LogP contribution in [0.1, 0.15) is 11.1 Å². The number of imidazole rings is 1. The molecule has 0 radical (unpaired) electrons. The summed E-state index contributed by atoms with van der Waals surface area (Å²) in [6, 6.07) is 15.8. The van der Waals surface area contributed by atoms with Crippen molar-refractivity contribution < 1.29 is 4.74 Å². The van der Waals surface area contributed by atoms with Crippen molar-refractivity contribution in [3.05, 3.63) is 77.2 Å². The van der Waals surface area contributed by atoms with Gasteiger partial charge < -0.3 is 14.2 Å². The van der Waals surface area contributed by atoms with Crippen LogP contribution in [0.3, 0.4) is 0 Å². The fraction of sp³-hybridized carbons (Fsp3) is 0.182. The molecule has 2 heterocycles. The Morgan fingerprint density at radius 3 is 2.64 bits per heavy atom. The van der Waals surface area contributed by atoms with E-state index in [0.717, 1.165) is 44.4 Å². The molecule has 5 nitrogen and oxygen atoms in total. The normalized spacial score (nSPS) is 11.0. The molecule has 0 amide bonds. The second kappa shape index (κ2) is 7.52. The molecule has 0 saturated heterocycles. The Balaban J connectivity index is 1.58. The molecule has 142 valence electrons. The van der Waals surface area contributed by atoms with Gasteiger partial charge in [-0.2, -0.15) is 0 Å². The monoisotopic (exact) mass is 392 g/mol. The summed E-state index contributed by atoms with van der Waals surface area (Å²) >= 11 is 5.94. The predicted octanol–water partition coefficient (Wildman–Crippen LogP) is 5.28. The fourth-order valence-corrected chi connectivity index (χ4v) is 3.24. The summed E-state index contributed by atoms with van der Waals surface area (Å²) < 4.78 is 7.98. The highest BCUT2D eigenvalue weighted by molar-refractivity contribution is 6.30. The highest BCUT2D eigenvalue weighted by Crippen LogP contribution is 2.30. The molecule has 0 N–H and O–H groups in total. The van der Waals surface area contributed by atoms with Crippen molar-refractivity contribution in [1.82, 2.24) is 14.5 Å². The number of anilines is 2. The molecule has 0 atom stereocenters. The van der Waals surface area contributed by atoms with Gasteiger partial charge in [-0.3, -0.25) is 0 Å². The second-order valence-electron chi connectivity index (χ2n) is 6.81. The maximum atomic E-state index is 5.99. The average molecular weight is 393 g/mol. The minimum Gasteiger partial charge on any atom is -0.489 e. The largest absolute Gasteiger partial charge is 0.489 e. The smallest absolute Gasteiger partial charge is 0.134 e. The van der Waals surface area contributed by atoms with Crippen molar-refractivity contribution >= 4 is 34.1 Å². The first-order valence-electron chi connectivity index (χ1n) is 9.00. The first-order chi connectivity index (χ1) is 13.5. The number of pyridine rings is 1. The van der Waals surface area contributed by atoms with E-state index in [1.807, 2.05) is 61.1 Å². The molecule has 0 aliphatic rings. The zero-order valence-electron chi connectivity index (χ0n) is 16.1. The summed E-state index contributed by atoms with van der Waals surface area (Å²) in [6.07, 6.45) is 3.60. The molecule has 2 aromatic heterocycles. The molecule has 4 rings (SSSR count). The van der Waals surface area contributed by atoms with Crippen molar-refractivity contribution in [1.29, 1.82) is 0 Å². The molecule has 4 aromatic rings. The van der Waals surface area contributed by atoms with E-state index in [1.54, 1.807) is 12.5 Å². The van der Waals surface area contributed by atoms with E-state index in [4.69, 9.17) is 16.3 Å². The number of aryl methyl sites for hydroxylation is 2. The Morgan fingerprint density at radius 1 is 1.07 bits per heavy atom. The van der Waals surface area contributed by atoms with E-state index in [1.165, 1.54) is 0 Å². The maximum absolute atomic E-state index is 5.99. The van der Waals surface area contributed by atoms with Gasteiger partial charge in [0.2, 0.25) is 0 Å². The van der Waals surface area contributed by atoms with Crippen LogP contribution in [0.5, 0.6) is 5.75 Å². The van der Waals surface area contributed by atoms with E-state index in [2.05, 4.69) is 27.9 Å². The summed E-state index contributed by atoms with van der Waals surface area (Å²) in [5, 5.41) is 0.723. The van der Waals surface area contributed by atoms with Crippen LogP contribution in [0.15, 0.2) is 61.1 Å². The third-order valence-electron chi connectivity index (χ3n) is 4.80. The van der Waals surface area contributed by atoms with Crippen LogP contribution >= 0.6 is 11.6 Å². The number of hydrogen-bond donors (Lipinski definition) is 0. The summed E-state index contributed by atoms with van der Waals surface area (Å²) in [7, 11) is 3.99. The summed E-state index contributed by atoms with van der Waals surface area (Å²) in [5.74, 6) is 1.66. The number of nitrogens with zero attached hydrogens (tertiary/aromatic N) is 4. The highest BCUT2D eigenvalue weighted by atomic mass is 35.5. The first-order valence-corrected chi connectivity index (χ1v) is 9.38. The molecule has 2 aromatic carbocycles. The SMILES string of the molecule is Cc1ccc(OCc2ccc(Cl)cc2)cc1N(C)c1cc2c(cn1)ncn2C. The summed E-state index contributed by atoms with van der Waals surface area (Å²) in [4.78, 5) is 11.0. The number of fused-ring (bicyclic) bond motifs is 1. The minimum atomic E-state index is 0.489. The zero-order valence-corrected chi connectivity index (χ0v) is 16.8. The molecule has 0 bridgehead atoms. The standard InChI is InChI=1S/C22H21ClN4O/c1-15-4-9-18(28-13-16-5-7-17(23)8-6-16)10-20(15)27(3)22-11-21-19(12-24-22)25-14-26(21)2/h4-12,14H,13H2,1-3H3. The van der Waals surface area contributed by atoms with Crippen LogP contribution in [0.4, 0.5) is 11.5 Å². The van der Waals surface area contributed by atoms with Crippen LogP contribution < -0.4 is 9.64 Å². The van der Waals surface area contributed by atoms with Crippen molar-refractivity contribution in [2.24, 2.45) is 7.05 Å². The lowest BCUT2D eigenvalue weighted by Gasteiger charge is -2.21. The number of ether oxygens (including phenoxy) is 1. The van der Waals surface area contributed by atoms with Crippen LogP contribution in [0.2, 0.25) is 5.02 Å². The molecule has 0 spiro atoms. The van der Waals surface area contributed by atoms with Crippen molar-refractivity contribution in [3.63, 3.8) is 0 Å². The van der Waals surface area contributed by atoms with Gasteiger partial charge in [-0.25, -0.2) is 9.97 Å². The lowest BCUT2D eigenvalue weighted by Crippen LogP contribution is -2.12. The van der Waals surface area contributed by atoms with Crippen LogP contribution in [0.25, 0.3) is 11.0 Å². The molecule has 0 aliphatic heterocycles. The van der Waals surface area contributed by atoms with Gasteiger partial charge in [-0.1, -0.05) is 29.8 Å². The van der Waals surface area contributed by atoms with Gasteiger partial charge in [0, 0.05) is 36.9 Å². The van der Waals surface area contributed by atoms with Gasteiger partial charge in [-0.05, 0) is 36.2 Å². The van der Waals surface area contributed by atoms with Gasteiger partial charge in [0.15, 0.2) is 0 Å². The van der Waals surface area contributed by atoms with Gasteiger partial charge in [0.25, 0.3) is 0 Å². The lowest BCUT2D eigenvalue weighted by molar-refractivity contribution is 0.306. The minimum absolute atomic E-state index is 0.489. The Morgan fingerprint density at radius 2 is 1.86 bits per heavy atom. The molecule has 0 unspecified atom stereocenters. The Hall–Kier alpha value is -3.05. The van der Waals surface area contributed by atoms with Crippen LogP contribution in [0, 0.1) is 6.92 Å². The summed E-state index contributed by atoms with van der Waals surface area (Å²) in [5.41, 5.74) is 5.19. The quantitative estimate of drug-likeness (QED) is 0.463. The second-order valence-corrected chi connectivity index (χ2v) is 7.25. The third-order valence-corrected chi connectivity index (χ3v) is 5.05. The molecule has 6 heteroatoms. The van der Waals surface area contributed by atoms with Gasteiger partial charge in [-0.15, -0.1) is 0 Å². The average Bonchev–Trinajstić information content (AvgIpc) is 3.08. The van der Waals surface area contributed by atoms with Gasteiger partial charge in [0.05, 0.1) is 18.0 Å². The fourth-order valence-electron chi connectivity index (χ4n) is 3.11. The molecular weight excluding hydrogens is 372 g/mol. The molecule has 0 fully saturated rings. The third kappa shape index (κ3) is 3.66. The maximum Gasteiger partial charge on any atom is 0.134 e. The highest BCUT2D eigenvalue weighted by Gasteiger charge is 2.12. The summed E-state index contributed by atoms with van der Waals surface area (Å²) in [6.45, 7) is 2.57. The topological polar surface area (TPSA) is 43.2 Å². The van der Waals surface area contributed by atoms with E-state index >= 15 is 0 Å². The van der Waals surface area contributed by atoms with E-state index in [0.29, 0.717) is 6.61 Å². The molecule has 0 aliphatic carbocycles. The number of benzene rings is 2. The Kier molecular flexibility index (Phi) is 4.92. The van der Waals surface area contributed by atoms with Crippen LogP contribution in [-0.2, 0) is 13.7 Å². The first kappa shape index (κ1) is 18.3. The van der Waals surface area contributed by atoms with Gasteiger partial charge >= 0.3 is 0 Å². The zero-order chi connectivity index (χ0) is 19.7. The number of rotatable bonds is 5. The van der Waals surface area contributed by atoms with E-state index < -0.39 is 0 Å². The van der Waals surface area contributed by atoms with E-state index in [-0.39, 0.29) is 0 Å². The number of aromatic nitrogens is 3. The molecular formula is C22H21ClN4O. The lowest BCUT2D eigenvalue weighted by atomic mass is 10.1. The number of hydrogen-bond acceptors (Lipinski definition) is 4. The van der Waals surface area contributed by atoms with Crippen LogP contribution in [-0.4, -0.2) is 21.6 Å². The van der Waals surface area contributed by atoms with Gasteiger partial charge in [0.1, 0.15) is 23.7 Å². The van der Waals surface area contributed by atoms with E-state index in [9.17, 15) is 0 Å². The Bertz CT molecular complexity index is 1120. The Labute approximate surface area is 169 Å². The van der Waals surface area contributed by atoms with Crippen molar-refractivity contribution in [3.8, 4) is 5.75 Å². The predicted molar refractivity (Wildman–Crippen MR) is 114 cm³/mol. The molecule has 28 heavy (non-hydrogen) atoms. The molecule has 0 saturated carbocycles. The van der Waals surface area contributed by atoms with Crippen molar-refractivity contribution in [2.45, 2.75) is 13.5 Å². The number of halogens is 1.